The maximum atomic E-state index is 12.2. The van der Waals surface area contributed by atoms with E-state index in [-0.39, 0.29) is 16.8 Å². The second kappa shape index (κ2) is 5.77. The van der Waals surface area contributed by atoms with Gasteiger partial charge in [-0.1, -0.05) is 13.3 Å². The fraction of sp³-hybridized carbons (Fsp3) is 0.533. The average molecular weight is 310 g/mol. The molecule has 1 saturated carbocycles. The molecule has 0 saturated heterocycles. The largest absolute Gasteiger partial charge is 0.349 e. The molecule has 3 N–H and O–H groups in total. The van der Waals surface area contributed by atoms with Gasteiger partial charge in [-0.2, -0.15) is 0 Å². The Balaban J connectivity index is 2.21. The monoisotopic (exact) mass is 310 g/mol. The van der Waals surface area contributed by atoms with E-state index < -0.39 is 10.0 Å². The summed E-state index contributed by atoms with van der Waals surface area (Å²) >= 11 is 0. The van der Waals surface area contributed by atoms with E-state index in [4.69, 9.17) is 5.14 Å². The normalized spacial score (nSPS) is 21.1. The fourth-order valence-corrected chi connectivity index (χ4v) is 3.50. The molecule has 21 heavy (non-hydrogen) atoms. The van der Waals surface area contributed by atoms with Gasteiger partial charge in [-0.25, -0.2) is 13.6 Å². The average Bonchev–Trinajstić information content (AvgIpc) is 3.09. The molecule has 0 radical (unpaired) electrons. The van der Waals surface area contributed by atoms with Crippen LogP contribution in [0, 0.1) is 19.8 Å². The standard InChI is InChI=1S/C15H22N2O3S/c1-4-5-11-7-13(11)17-15(18)12-6-9(2)10(3)14(8-12)21(16,19)20/h6,8,11,13H,4-5,7H2,1-3H3,(H,17,18)(H2,16,19,20). The highest BCUT2D eigenvalue weighted by Crippen LogP contribution is 2.34. The topological polar surface area (TPSA) is 89.3 Å². The van der Waals surface area contributed by atoms with Crippen LogP contribution < -0.4 is 10.5 Å². The highest BCUT2D eigenvalue weighted by Gasteiger charge is 2.37. The third-order valence-corrected chi connectivity index (χ3v) is 5.12. The van der Waals surface area contributed by atoms with Crippen molar-refractivity contribution in [1.29, 1.82) is 0 Å². The molecule has 1 fully saturated rings. The molecule has 0 spiro atoms. The van der Waals surface area contributed by atoms with Crippen LogP contribution in [-0.2, 0) is 10.0 Å². The molecule has 1 amide bonds. The maximum Gasteiger partial charge on any atom is 0.251 e. The minimum Gasteiger partial charge on any atom is -0.349 e. The van der Waals surface area contributed by atoms with Crippen molar-refractivity contribution in [2.45, 2.75) is 51.0 Å². The van der Waals surface area contributed by atoms with E-state index >= 15 is 0 Å². The molecule has 6 heteroatoms. The zero-order valence-electron chi connectivity index (χ0n) is 12.6. The van der Waals surface area contributed by atoms with E-state index in [9.17, 15) is 13.2 Å². The Bertz CT molecular complexity index is 668. The molecular weight excluding hydrogens is 288 g/mol. The van der Waals surface area contributed by atoms with Gasteiger partial charge < -0.3 is 5.32 Å². The van der Waals surface area contributed by atoms with E-state index in [1.807, 2.05) is 0 Å². The van der Waals surface area contributed by atoms with Gasteiger partial charge in [-0.3, -0.25) is 4.79 Å². The summed E-state index contributed by atoms with van der Waals surface area (Å²) in [5.74, 6) is 0.329. The van der Waals surface area contributed by atoms with Crippen LogP contribution in [0.2, 0.25) is 0 Å². The van der Waals surface area contributed by atoms with Gasteiger partial charge in [-0.15, -0.1) is 0 Å². The summed E-state index contributed by atoms with van der Waals surface area (Å²) < 4.78 is 23.2. The number of carbonyl (C=O) groups is 1. The molecule has 1 aliphatic rings. The second-order valence-electron chi connectivity index (χ2n) is 5.83. The Morgan fingerprint density at radius 2 is 2.05 bits per heavy atom. The van der Waals surface area contributed by atoms with Crippen molar-refractivity contribution in [3.63, 3.8) is 0 Å². The summed E-state index contributed by atoms with van der Waals surface area (Å²) in [4.78, 5) is 12.3. The molecule has 0 heterocycles. The Morgan fingerprint density at radius 1 is 1.38 bits per heavy atom. The summed E-state index contributed by atoms with van der Waals surface area (Å²) in [6.07, 6.45) is 3.23. The summed E-state index contributed by atoms with van der Waals surface area (Å²) in [5.41, 5.74) is 1.68. The quantitative estimate of drug-likeness (QED) is 0.870. The fourth-order valence-electron chi connectivity index (χ4n) is 2.62. The minimum absolute atomic E-state index is 0.0218. The Kier molecular flexibility index (Phi) is 4.39. The summed E-state index contributed by atoms with van der Waals surface area (Å²) in [7, 11) is -3.82. The Labute approximate surface area is 126 Å². The highest BCUT2D eigenvalue weighted by molar-refractivity contribution is 7.89. The Morgan fingerprint density at radius 3 is 2.62 bits per heavy atom. The smallest absolute Gasteiger partial charge is 0.251 e. The van der Waals surface area contributed by atoms with Crippen molar-refractivity contribution in [2.75, 3.05) is 0 Å². The number of rotatable bonds is 5. The van der Waals surface area contributed by atoms with Crippen LogP contribution in [0.15, 0.2) is 17.0 Å². The van der Waals surface area contributed by atoms with Gasteiger partial charge in [0.15, 0.2) is 0 Å². The molecule has 0 aliphatic heterocycles. The molecule has 1 aromatic carbocycles. The first-order valence-corrected chi connectivity index (χ1v) is 8.73. The lowest BCUT2D eigenvalue weighted by Crippen LogP contribution is -2.27. The van der Waals surface area contributed by atoms with Crippen molar-refractivity contribution in [3.8, 4) is 0 Å². The van der Waals surface area contributed by atoms with Crippen LogP contribution in [0.3, 0.4) is 0 Å². The summed E-state index contributed by atoms with van der Waals surface area (Å²) in [6.45, 7) is 5.59. The summed E-state index contributed by atoms with van der Waals surface area (Å²) in [6, 6.07) is 3.29. The number of nitrogens with one attached hydrogen (secondary N) is 1. The van der Waals surface area contributed by atoms with Crippen molar-refractivity contribution < 1.29 is 13.2 Å². The van der Waals surface area contributed by atoms with Gasteiger partial charge in [0.05, 0.1) is 4.90 Å². The number of aryl methyl sites for hydroxylation is 1. The van der Waals surface area contributed by atoms with Crippen molar-refractivity contribution >= 4 is 15.9 Å². The molecule has 1 aromatic rings. The number of benzene rings is 1. The number of amides is 1. The molecule has 0 bridgehead atoms. The highest BCUT2D eigenvalue weighted by atomic mass is 32.2. The lowest BCUT2D eigenvalue weighted by molar-refractivity contribution is 0.0948. The first-order chi connectivity index (χ1) is 9.74. The molecule has 2 unspecified atom stereocenters. The SMILES string of the molecule is CCCC1CC1NC(=O)c1cc(C)c(C)c(S(N)(=O)=O)c1. The zero-order chi connectivity index (χ0) is 15.8. The molecule has 5 nitrogen and oxygen atoms in total. The number of nitrogens with two attached hydrogens (primary N) is 1. The molecule has 0 aromatic heterocycles. The molecule has 2 atom stereocenters. The third-order valence-electron chi connectivity index (χ3n) is 4.09. The first-order valence-electron chi connectivity index (χ1n) is 7.19. The second-order valence-corrected chi connectivity index (χ2v) is 7.36. The van der Waals surface area contributed by atoms with E-state index in [1.165, 1.54) is 6.07 Å². The summed E-state index contributed by atoms with van der Waals surface area (Å²) in [5, 5.41) is 8.17. The van der Waals surface area contributed by atoms with Crippen LogP contribution in [0.25, 0.3) is 0 Å². The van der Waals surface area contributed by atoms with Crippen LogP contribution >= 0.6 is 0 Å². The number of hydrogen-bond donors (Lipinski definition) is 2. The minimum atomic E-state index is -3.82. The van der Waals surface area contributed by atoms with Gasteiger partial charge in [-0.05, 0) is 55.9 Å². The van der Waals surface area contributed by atoms with E-state index in [0.29, 0.717) is 17.0 Å². The molecular formula is C15H22N2O3S. The van der Waals surface area contributed by atoms with E-state index in [1.54, 1.807) is 19.9 Å². The maximum absolute atomic E-state index is 12.2. The zero-order valence-corrected chi connectivity index (χ0v) is 13.5. The van der Waals surface area contributed by atoms with Gasteiger partial charge in [0, 0.05) is 11.6 Å². The predicted molar refractivity (Wildman–Crippen MR) is 81.6 cm³/mol. The van der Waals surface area contributed by atoms with Crippen molar-refractivity contribution in [1.82, 2.24) is 5.32 Å². The van der Waals surface area contributed by atoms with Crippen LogP contribution in [0.5, 0.6) is 0 Å². The van der Waals surface area contributed by atoms with Gasteiger partial charge in [0.2, 0.25) is 10.0 Å². The number of sulfonamides is 1. The lowest BCUT2D eigenvalue weighted by atomic mass is 10.1. The molecule has 2 rings (SSSR count). The van der Waals surface area contributed by atoms with Crippen molar-refractivity contribution in [2.24, 2.45) is 11.1 Å². The van der Waals surface area contributed by atoms with Gasteiger partial charge >= 0.3 is 0 Å². The van der Waals surface area contributed by atoms with E-state index in [2.05, 4.69) is 12.2 Å². The van der Waals surface area contributed by atoms with Gasteiger partial charge in [0.1, 0.15) is 0 Å². The van der Waals surface area contributed by atoms with Crippen LogP contribution in [0.4, 0.5) is 0 Å². The van der Waals surface area contributed by atoms with Crippen LogP contribution in [0.1, 0.15) is 47.7 Å². The predicted octanol–water partition coefficient (Wildman–Crippen LogP) is 1.87. The van der Waals surface area contributed by atoms with Crippen LogP contribution in [-0.4, -0.2) is 20.4 Å². The van der Waals surface area contributed by atoms with Gasteiger partial charge in [0.25, 0.3) is 5.91 Å². The van der Waals surface area contributed by atoms with E-state index in [0.717, 1.165) is 24.8 Å². The first kappa shape index (κ1) is 16.0. The van der Waals surface area contributed by atoms with Crippen molar-refractivity contribution in [3.05, 3.63) is 28.8 Å². The Hall–Kier alpha value is -1.40. The lowest BCUT2D eigenvalue weighted by Gasteiger charge is -2.11. The molecule has 1 aliphatic carbocycles. The number of carbonyl (C=O) groups excluding carboxylic acids is 1. The number of primary sulfonamides is 1. The number of hydrogen-bond acceptors (Lipinski definition) is 3. The third kappa shape index (κ3) is 3.63. The molecule has 116 valence electrons.